The molecular formula is C11H12O2. The standard InChI is InChI=1S/C11H12O2/c1-8-3-2-4-9(7-8)10-5-6-13-11(10)12/h2-4,7,10H,5-6H2,1H3. The molecule has 0 N–H and O–H groups in total. The summed E-state index contributed by atoms with van der Waals surface area (Å²) in [5.41, 5.74) is 2.28. The van der Waals surface area contributed by atoms with Crippen LogP contribution in [0.2, 0.25) is 0 Å². The molecular weight excluding hydrogens is 164 g/mol. The zero-order valence-electron chi connectivity index (χ0n) is 7.62. The van der Waals surface area contributed by atoms with Crippen LogP contribution in [0.5, 0.6) is 0 Å². The van der Waals surface area contributed by atoms with Crippen molar-refractivity contribution < 1.29 is 9.53 Å². The van der Waals surface area contributed by atoms with Gasteiger partial charge >= 0.3 is 5.97 Å². The van der Waals surface area contributed by atoms with Crippen LogP contribution in [-0.2, 0) is 9.53 Å². The highest BCUT2D eigenvalue weighted by Crippen LogP contribution is 2.26. The Morgan fingerprint density at radius 3 is 2.92 bits per heavy atom. The van der Waals surface area contributed by atoms with Gasteiger partial charge in [-0.1, -0.05) is 29.8 Å². The van der Waals surface area contributed by atoms with Gasteiger partial charge in [0.2, 0.25) is 0 Å². The van der Waals surface area contributed by atoms with Crippen molar-refractivity contribution >= 4 is 5.97 Å². The molecule has 13 heavy (non-hydrogen) atoms. The van der Waals surface area contributed by atoms with Crippen molar-refractivity contribution in [3.63, 3.8) is 0 Å². The maximum atomic E-state index is 11.3. The molecule has 0 saturated carbocycles. The van der Waals surface area contributed by atoms with Gasteiger partial charge < -0.3 is 4.74 Å². The molecule has 1 aromatic rings. The highest BCUT2D eigenvalue weighted by molar-refractivity contribution is 5.79. The maximum absolute atomic E-state index is 11.3. The average molecular weight is 176 g/mol. The number of benzene rings is 1. The van der Waals surface area contributed by atoms with Gasteiger partial charge in [0.1, 0.15) is 0 Å². The molecule has 2 heteroatoms. The summed E-state index contributed by atoms with van der Waals surface area (Å²) in [7, 11) is 0. The first-order valence-electron chi connectivity index (χ1n) is 4.50. The van der Waals surface area contributed by atoms with Crippen molar-refractivity contribution in [1.82, 2.24) is 0 Å². The normalized spacial score (nSPS) is 21.6. The molecule has 0 aliphatic carbocycles. The molecule has 2 nitrogen and oxygen atoms in total. The van der Waals surface area contributed by atoms with E-state index in [0.29, 0.717) is 6.61 Å². The van der Waals surface area contributed by atoms with E-state index in [4.69, 9.17) is 4.74 Å². The molecule has 1 unspecified atom stereocenters. The fourth-order valence-corrected chi connectivity index (χ4v) is 1.69. The lowest BCUT2D eigenvalue weighted by atomic mass is 9.97. The van der Waals surface area contributed by atoms with E-state index in [1.165, 1.54) is 5.56 Å². The fourth-order valence-electron chi connectivity index (χ4n) is 1.69. The molecule has 0 bridgehead atoms. The van der Waals surface area contributed by atoms with Gasteiger partial charge in [0.05, 0.1) is 12.5 Å². The van der Waals surface area contributed by atoms with Crippen LogP contribution >= 0.6 is 0 Å². The SMILES string of the molecule is Cc1cccc(C2CCOC2=O)c1. The third-order valence-corrected chi connectivity index (χ3v) is 2.38. The monoisotopic (exact) mass is 176 g/mol. The minimum atomic E-state index is -0.0781. The number of carbonyl (C=O) groups is 1. The first-order chi connectivity index (χ1) is 6.27. The van der Waals surface area contributed by atoms with Crippen LogP contribution < -0.4 is 0 Å². The number of esters is 1. The van der Waals surface area contributed by atoms with Gasteiger partial charge in [0.25, 0.3) is 0 Å². The zero-order valence-corrected chi connectivity index (χ0v) is 7.62. The molecule has 2 rings (SSSR count). The van der Waals surface area contributed by atoms with E-state index >= 15 is 0 Å². The number of rotatable bonds is 1. The molecule has 1 aromatic carbocycles. The molecule has 0 amide bonds. The van der Waals surface area contributed by atoms with Crippen LogP contribution in [0.1, 0.15) is 23.5 Å². The number of hydrogen-bond donors (Lipinski definition) is 0. The lowest BCUT2D eigenvalue weighted by Gasteiger charge is -2.05. The minimum Gasteiger partial charge on any atom is -0.465 e. The first-order valence-corrected chi connectivity index (χ1v) is 4.50. The highest BCUT2D eigenvalue weighted by Gasteiger charge is 2.27. The molecule has 1 fully saturated rings. The second-order valence-corrected chi connectivity index (χ2v) is 3.42. The van der Waals surface area contributed by atoms with Gasteiger partial charge in [0.15, 0.2) is 0 Å². The molecule has 0 spiro atoms. The van der Waals surface area contributed by atoms with Crippen molar-refractivity contribution in [3.8, 4) is 0 Å². The van der Waals surface area contributed by atoms with E-state index in [2.05, 4.69) is 6.07 Å². The lowest BCUT2D eigenvalue weighted by molar-refractivity contribution is -0.139. The summed E-state index contributed by atoms with van der Waals surface area (Å²) in [5, 5.41) is 0. The van der Waals surface area contributed by atoms with E-state index in [0.717, 1.165) is 12.0 Å². The Hall–Kier alpha value is -1.31. The second-order valence-electron chi connectivity index (χ2n) is 3.42. The van der Waals surface area contributed by atoms with Gasteiger partial charge in [-0.2, -0.15) is 0 Å². The Labute approximate surface area is 77.5 Å². The molecule has 1 saturated heterocycles. The highest BCUT2D eigenvalue weighted by atomic mass is 16.5. The molecule has 1 atom stereocenters. The number of ether oxygens (including phenoxy) is 1. The van der Waals surface area contributed by atoms with Crippen molar-refractivity contribution in [2.45, 2.75) is 19.3 Å². The predicted molar refractivity (Wildman–Crippen MR) is 49.5 cm³/mol. The van der Waals surface area contributed by atoms with E-state index in [9.17, 15) is 4.79 Å². The maximum Gasteiger partial charge on any atom is 0.313 e. The number of carbonyl (C=O) groups excluding carboxylic acids is 1. The Kier molecular flexibility index (Phi) is 2.05. The van der Waals surface area contributed by atoms with Crippen molar-refractivity contribution in [1.29, 1.82) is 0 Å². The minimum absolute atomic E-state index is 0.0279. The summed E-state index contributed by atoms with van der Waals surface area (Å²) in [6.07, 6.45) is 0.822. The Bertz CT molecular complexity index is 331. The number of aryl methyl sites for hydroxylation is 1. The summed E-state index contributed by atoms with van der Waals surface area (Å²) in [6.45, 7) is 2.60. The first kappa shape index (κ1) is 8.30. The molecule has 68 valence electrons. The summed E-state index contributed by atoms with van der Waals surface area (Å²) in [5.74, 6) is -0.106. The van der Waals surface area contributed by atoms with Crippen LogP contribution in [0.15, 0.2) is 24.3 Å². The Balaban J connectivity index is 2.29. The van der Waals surface area contributed by atoms with Crippen LogP contribution in [0.4, 0.5) is 0 Å². The lowest BCUT2D eigenvalue weighted by Crippen LogP contribution is -2.05. The molecule has 0 aromatic heterocycles. The van der Waals surface area contributed by atoms with E-state index in [1.807, 2.05) is 25.1 Å². The smallest absolute Gasteiger partial charge is 0.313 e. The molecule has 1 aliphatic heterocycles. The number of hydrogen-bond acceptors (Lipinski definition) is 2. The van der Waals surface area contributed by atoms with Gasteiger partial charge in [-0.05, 0) is 18.9 Å². The third-order valence-electron chi connectivity index (χ3n) is 2.38. The zero-order chi connectivity index (χ0) is 9.26. The fraction of sp³-hybridized carbons (Fsp3) is 0.364. The number of cyclic esters (lactones) is 1. The van der Waals surface area contributed by atoms with Gasteiger partial charge in [-0.25, -0.2) is 0 Å². The molecule has 0 radical (unpaired) electrons. The van der Waals surface area contributed by atoms with Crippen LogP contribution in [0.3, 0.4) is 0 Å². The largest absolute Gasteiger partial charge is 0.465 e. The molecule has 1 aliphatic rings. The predicted octanol–water partition coefficient (Wildman–Crippen LogP) is 2.03. The van der Waals surface area contributed by atoms with E-state index in [1.54, 1.807) is 0 Å². The van der Waals surface area contributed by atoms with Gasteiger partial charge in [0, 0.05) is 0 Å². The van der Waals surface area contributed by atoms with Crippen molar-refractivity contribution in [3.05, 3.63) is 35.4 Å². The summed E-state index contributed by atoms with van der Waals surface area (Å²) < 4.78 is 4.92. The quantitative estimate of drug-likeness (QED) is 0.612. The van der Waals surface area contributed by atoms with E-state index < -0.39 is 0 Å². The molecule has 1 heterocycles. The average Bonchev–Trinajstić information content (AvgIpc) is 2.51. The van der Waals surface area contributed by atoms with Crippen molar-refractivity contribution in [2.24, 2.45) is 0 Å². The third kappa shape index (κ3) is 1.57. The summed E-state index contributed by atoms with van der Waals surface area (Å²) >= 11 is 0. The van der Waals surface area contributed by atoms with Gasteiger partial charge in [-0.3, -0.25) is 4.79 Å². The van der Waals surface area contributed by atoms with Gasteiger partial charge in [-0.15, -0.1) is 0 Å². The second kappa shape index (κ2) is 3.21. The van der Waals surface area contributed by atoms with E-state index in [-0.39, 0.29) is 11.9 Å². The summed E-state index contributed by atoms with van der Waals surface area (Å²) in [4.78, 5) is 11.3. The Morgan fingerprint density at radius 1 is 1.46 bits per heavy atom. The Morgan fingerprint density at radius 2 is 2.31 bits per heavy atom. The topological polar surface area (TPSA) is 26.3 Å². The van der Waals surface area contributed by atoms with Crippen LogP contribution in [0.25, 0.3) is 0 Å². The van der Waals surface area contributed by atoms with Crippen LogP contribution in [0, 0.1) is 6.92 Å². The summed E-state index contributed by atoms with van der Waals surface area (Å²) in [6, 6.07) is 8.06. The van der Waals surface area contributed by atoms with Crippen molar-refractivity contribution in [2.75, 3.05) is 6.61 Å². The van der Waals surface area contributed by atoms with Crippen LogP contribution in [-0.4, -0.2) is 12.6 Å².